The SMILES string of the molecule is Nc1cc2c(cc1NCC1CCCC(O)C1)NC(=O)CO2. The normalized spacial score (nSPS) is 24.7. The molecule has 1 heterocycles. The Hall–Kier alpha value is -1.95. The molecule has 5 N–H and O–H groups in total. The van der Waals surface area contributed by atoms with Crippen molar-refractivity contribution in [2.45, 2.75) is 31.8 Å². The van der Waals surface area contributed by atoms with E-state index in [4.69, 9.17) is 10.5 Å². The average Bonchev–Trinajstić information content (AvgIpc) is 2.45. The fourth-order valence-electron chi connectivity index (χ4n) is 3.00. The van der Waals surface area contributed by atoms with Gasteiger partial charge in [0.25, 0.3) is 5.91 Å². The van der Waals surface area contributed by atoms with Crippen LogP contribution in [0.5, 0.6) is 5.75 Å². The zero-order valence-corrected chi connectivity index (χ0v) is 11.9. The van der Waals surface area contributed by atoms with E-state index in [0.717, 1.165) is 37.9 Å². The van der Waals surface area contributed by atoms with E-state index in [1.165, 1.54) is 0 Å². The number of hydrogen-bond acceptors (Lipinski definition) is 5. The van der Waals surface area contributed by atoms with Crippen molar-refractivity contribution >= 4 is 23.0 Å². The topological polar surface area (TPSA) is 96.6 Å². The van der Waals surface area contributed by atoms with Crippen molar-refractivity contribution in [2.75, 3.05) is 29.5 Å². The molecule has 2 aliphatic rings. The number of amides is 1. The molecule has 1 saturated carbocycles. The number of rotatable bonds is 3. The lowest BCUT2D eigenvalue weighted by Gasteiger charge is -2.27. The van der Waals surface area contributed by atoms with Crippen LogP contribution in [0.1, 0.15) is 25.7 Å². The molecule has 2 atom stereocenters. The highest BCUT2D eigenvalue weighted by Gasteiger charge is 2.21. The smallest absolute Gasteiger partial charge is 0.262 e. The third-order valence-corrected chi connectivity index (χ3v) is 4.12. The first-order valence-electron chi connectivity index (χ1n) is 7.40. The minimum Gasteiger partial charge on any atom is -0.482 e. The minimum atomic E-state index is -0.181. The molecular weight excluding hydrogens is 270 g/mol. The van der Waals surface area contributed by atoms with Crippen LogP contribution in [0.3, 0.4) is 0 Å². The van der Waals surface area contributed by atoms with Crippen molar-refractivity contribution in [2.24, 2.45) is 5.92 Å². The monoisotopic (exact) mass is 291 g/mol. The van der Waals surface area contributed by atoms with Gasteiger partial charge in [-0.3, -0.25) is 4.79 Å². The van der Waals surface area contributed by atoms with Crippen LogP contribution in [0, 0.1) is 5.92 Å². The van der Waals surface area contributed by atoms with E-state index in [-0.39, 0.29) is 18.6 Å². The van der Waals surface area contributed by atoms with Gasteiger partial charge in [0.05, 0.1) is 23.2 Å². The molecule has 21 heavy (non-hydrogen) atoms. The number of nitrogen functional groups attached to an aromatic ring is 1. The summed E-state index contributed by atoms with van der Waals surface area (Å²) in [6, 6.07) is 3.54. The Morgan fingerprint density at radius 3 is 3.10 bits per heavy atom. The average molecular weight is 291 g/mol. The van der Waals surface area contributed by atoms with Gasteiger partial charge in [0.2, 0.25) is 0 Å². The van der Waals surface area contributed by atoms with Crippen molar-refractivity contribution in [1.29, 1.82) is 0 Å². The molecule has 114 valence electrons. The number of aliphatic hydroxyl groups excluding tert-OH is 1. The number of fused-ring (bicyclic) bond motifs is 1. The van der Waals surface area contributed by atoms with E-state index in [1.807, 2.05) is 0 Å². The fourth-order valence-corrected chi connectivity index (χ4v) is 3.00. The maximum Gasteiger partial charge on any atom is 0.262 e. The highest BCUT2D eigenvalue weighted by atomic mass is 16.5. The van der Waals surface area contributed by atoms with Crippen LogP contribution in [0.15, 0.2) is 12.1 Å². The van der Waals surface area contributed by atoms with Crippen LogP contribution in [0.4, 0.5) is 17.1 Å². The lowest BCUT2D eigenvalue weighted by molar-refractivity contribution is -0.118. The molecule has 0 bridgehead atoms. The van der Waals surface area contributed by atoms with Crippen LogP contribution in [-0.4, -0.2) is 30.3 Å². The first-order valence-corrected chi connectivity index (χ1v) is 7.40. The Morgan fingerprint density at radius 2 is 2.29 bits per heavy atom. The molecular formula is C15H21N3O3. The zero-order valence-electron chi connectivity index (χ0n) is 11.9. The second-order valence-corrected chi connectivity index (χ2v) is 5.84. The quantitative estimate of drug-likeness (QED) is 0.634. The summed E-state index contributed by atoms with van der Waals surface area (Å²) >= 11 is 0. The van der Waals surface area contributed by atoms with E-state index in [9.17, 15) is 9.90 Å². The van der Waals surface area contributed by atoms with Crippen molar-refractivity contribution in [1.82, 2.24) is 0 Å². The summed E-state index contributed by atoms with van der Waals surface area (Å²) in [6.45, 7) is 0.800. The van der Waals surface area contributed by atoms with Gasteiger partial charge in [0.1, 0.15) is 5.75 Å². The summed E-state index contributed by atoms with van der Waals surface area (Å²) in [6.07, 6.45) is 3.74. The van der Waals surface area contributed by atoms with E-state index in [2.05, 4.69) is 10.6 Å². The molecule has 0 saturated heterocycles. The number of anilines is 3. The summed E-state index contributed by atoms with van der Waals surface area (Å²) in [7, 11) is 0. The van der Waals surface area contributed by atoms with Crippen molar-refractivity contribution in [3.63, 3.8) is 0 Å². The minimum absolute atomic E-state index is 0.0270. The second-order valence-electron chi connectivity index (χ2n) is 5.84. The number of carbonyl (C=O) groups excluding carboxylic acids is 1. The number of ether oxygens (including phenoxy) is 1. The Balaban J connectivity index is 1.67. The predicted octanol–water partition coefficient (Wildman–Crippen LogP) is 1.56. The molecule has 2 unspecified atom stereocenters. The molecule has 1 aromatic rings. The van der Waals surface area contributed by atoms with Crippen LogP contribution >= 0.6 is 0 Å². The van der Waals surface area contributed by atoms with Gasteiger partial charge in [-0.05, 0) is 31.2 Å². The Morgan fingerprint density at radius 1 is 1.43 bits per heavy atom. The third kappa shape index (κ3) is 3.21. The summed E-state index contributed by atoms with van der Waals surface area (Å²) in [5.41, 5.74) is 8.05. The molecule has 6 nitrogen and oxygen atoms in total. The molecule has 6 heteroatoms. The van der Waals surface area contributed by atoms with Crippen molar-refractivity contribution in [3.8, 4) is 5.75 Å². The Bertz CT molecular complexity index is 547. The predicted molar refractivity (Wildman–Crippen MR) is 81.4 cm³/mol. The molecule has 1 aliphatic carbocycles. The summed E-state index contributed by atoms with van der Waals surface area (Å²) < 4.78 is 5.33. The van der Waals surface area contributed by atoms with E-state index in [1.54, 1.807) is 12.1 Å². The Labute approximate surface area is 123 Å². The van der Waals surface area contributed by atoms with Crippen molar-refractivity contribution in [3.05, 3.63) is 12.1 Å². The van der Waals surface area contributed by atoms with Gasteiger partial charge < -0.3 is 26.2 Å². The lowest BCUT2D eigenvalue weighted by atomic mass is 9.87. The number of hydrogen-bond donors (Lipinski definition) is 4. The number of benzene rings is 1. The molecule has 1 fully saturated rings. The van der Waals surface area contributed by atoms with E-state index < -0.39 is 0 Å². The van der Waals surface area contributed by atoms with Gasteiger partial charge in [-0.2, -0.15) is 0 Å². The summed E-state index contributed by atoms with van der Waals surface area (Å²) in [5, 5.41) is 15.8. The van der Waals surface area contributed by atoms with E-state index in [0.29, 0.717) is 23.0 Å². The Kier molecular flexibility index (Phi) is 3.88. The number of carbonyl (C=O) groups is 1. The van der Waals surface area contributed by atoms with Gasteiger partial charge in [-0.1, -0.05) is 6.42 Å². The zero-order chi connectivity index (χ0) is 14.8. The summed E-state index contributed by atoms with van der Waals surface area (Å²) in [5.74, 6) is 0.898. The molecule has 0 aromatic heterocycles. The standard InChI is InChI=1S/C15H21N3O3/c16-11-5-14-13(18-15(20)8-21-14)6-12(11)17-7-9-2-1-3-10(19)4-9/h5-6,9-10,17,19H,1-4,7-8,16H2,(H,18,20). The third-order valence-electron chi connectivity index (χ3n) is 4.12. The van der Waals surface area contributed by atoms with Crippen LogP contribution < -0.4 is 21.1 Å². The number of aliphatic hydroxyl groups is 1. The van der Waals surface area contributed by atoms with Gasteiger partial charge >= 0.3 is 0 Å². The van der Waals surface area contributed by atoms with Gasteiger partial charge in [-0.25, -0.2) is 0 Å². The van der Waals surface area contributed by atoms with Crippen molar-refractivity contribution < 1.29 is 14.6 Å². The van der Waals surface area contributed by atoms with Gasteiger partial charge in [0, 0.05) is 12.6 Å². The summed E-state index contributed by atoms with van der Waals surface area (Å²) in [4.78, 5) is 11.3. The highest BCUT2D eigenvalue weighted by molar-refractivity contribution is 5.97. The largest absolute Gasteiger partial charge is 0.482 e. The first-order chi connectivity index (χ1) is 10.1. The van der Waals surface area contributed by atoms with Crippen LogP contribution in [0.2, 0.25) is 0 Å². The van der Waals surface area contributed by atoms with Gasteiger partial charge in [-0.15, -0.1) is 0 Å². The van der Waals surface area contributed by atoms with Gasteiger partial charge in [0.15, 0.2) is 6.61 Å². The number of nitrogens with one attached hydrogen (secondary N) is 2. The van der Waals surface area contributed by atoms with E-state index >= 15 is 0 Å². The first kappa shape index (κ1) is 14.0. The number of nitrogens with two attached hydrogens (primary N) is 1. The lowest BCUT2D eigenvalue weighted by Crippen LogP contribution is -2.26. The molecule has 0 radical (unpaired) electrons. The van der Waals surface area contributed by atoms with Crippen LogP contribution in [0.25, 0.3) is 0 Å². The highest BCUT2D eigenvalue weighted by Crippen LogP contribution is 2.35. The molecule has 1 aliphatic heterocycles. The van der Waals surface area contributed by atoms with Crippen LogP contribution in [-0.2, 0) is 4.79 Å². The fraction of sp³-hybridized carbons (Fsp3) is 0.533. The molecule has 1 aromatic carbocycles. The maximum atomic E-state index is 11.3. The molecule has 3 rings (SSSR count). The second kappa shape index (κ2) is 5.81. The molecule has 0 spiro atoms. The molecule has 1 amide bonds. The maximum absolute atomic E-state index is 11.3.